The second-order valence-electron chi connectivity index (χ2n) is 6.83. The summed E-state index contributed by atoms with van der Waals surface area (Å²) in [6.07, 6.45) is 9.93. The summed E-state index contributed by atoms with van der Waals surface area (Å²) in [5, 5.41) is 14.6. The van der Waals surface area contributed by atoms with E-state index in [2.05, 4.69) is 40.7 Å². The number of hydrogen-bond acceptors (Lipinski definition) is 8. The Morgan fingerprint density at radius 2 is 1.86 bits per heavy atom. The van der Waals surface area contributed by atoms with Gasteiger partial charge in [0.2, 0.25) is 5.91 Å². The van der Waals surface area contributed by atoms with Crippen LogP contribution in [0, 0.1) is 5.92 Å². The smallest absolute Gasteiger partial charge is 0.223 e. The first kappa shape index (κ1) is 18.7. The summed E-state index contributed by atoms with van der Waals surface area (Å²) in [7, 11) is 0. The first-order valence-electron chi connectivity index (χ1n) is 9.56. The number of anilines is 3. The number of hydrogen-bond donors (Lipinski definition) is 2. The molecule has 1 aliphatic heterocycles. The lowest BCUT2D eigenvalue weighted by atomic mass is 9.96. The van der Waals surface area contributed by atoms with E-state index in [0.29, 0.717) is 18.2 Å². The van der Waals surface area contributed by atoms with Crippen LogP contribution >= 0.6 is 0 Å². The van der Waals surface area contributed by atoms with Crippen LogP contribution in [-0.4, -0.2) is 44.1 Å². The Morgan fingerprint density at radius 1 is 1.00 bits per heavy atom. The highest BCUT2D eigenvalue weighted by Gasteiger charge is 2.25. The van der Waals surface area contributed by atoms with Crippen molar-refractivity contribution in [3.05, 3.63) is 60.8 Å². The predicted molar refractivity (Wildman–Crippen MR) is 108 cm³/mol. The van der Waals surface area contributed by atoms with Gasteiger partial charge in [-0.05, 0) is 36.6 Å². The van der Waals surface area contributed by atoms with Crippen molar-refractivity contribution in [2.24, 2.45) is 5.92 Å². The summed E-state index contributed by atoms with van der Waals surface area (Å²) in [4.78, 5) is 26.8. The molecule has 0 bridgehead atoms. The molecule has 0 radical (unpaired) electrons. The molecule has 1 aliphatic rings. The lowest BCUT2D eigenvalue weighted by molar-refractivity contribution is -0.125. The monoisotopic (exact) mass is 390 g/mol. The average molecular weight is 390 g/mol. The second kappa shape index (κ2) is 9.05. The average Bonchev–Trinajstić information content (AvgIpc) is 2.79. The van der Waals surface area contributed by atoms with Crippen molar-refractivity contribution in [2.45, 2.75) is 19.4 Å². The number of pyridine rings is 1. The molecule has 1 fully saturated rings. The molecule has 9 nitrogen and oxygen atoms in total. The SMILES string of the molecule is O=C(NCc1cccnc1)C1CCN(c2ccc(Nc3cnccn3)nn2)CC1. The first-order valence-corrected chi connectivity index (χ1v) is 9.56. The van der Waals surface area contributed by atoms with Gasteiger partial charge in [-0.2, -0.15) is 0 Å². The number of piperidine rings is 1. The summed E-state index contributed by atoms with van der Waals surface area (Å²) < 4.78 is 0. The lowest BCUT2D eigenvalue weighted by Crippen LogP contribution is -2.40. The number of carbonyl (C=O) groups excluding carboxylic acids is 1. The third-order valence-corrected chi connectivity index (χ3v) is 4.85. The maximum atomic E-state index is 12.4. The van der Waals surface area contributed by atoms with Gasteiger partial charge < -0.3 is 15.5 Å². The molecule has 0 aliphatic carbocycles. The molecule has 4 rings (SSSR count). The van der Waals surface area contributed by atoms with E-state index < -0.39 is 0 Å². The third kappa shape index (κ3) is 5.01. The van der Waals surface area contributed by atoms with Crippen LogP contribution in [0.4, 0.5) is 17.5 Å². The minimum absolute atomic E-state index is 0.0217. The normalized spacial score (nSPS) is 14.4. The highest BCUT2D eigenvalue weighted by molar-refractivity contribution is 5.79. The Labute approximate surface area is 168 Å². The van der Waals surface area contributed by atoms with Crippen molar-refractivity contribution < 1.29 is 4.79 Å². The molecule has 0 spiro atoms. The van der Waals surface area contributed by atoms with E-state index in [1.54, 1.807) is 31.0 Å². The molecule has 1 saturated heterocycles. The van der Waals surface area contributed by atoms with E-state index in [-0.39, 0.29) is 11.8 Å². The minimum Gasteiger partial charge on any atom is -0.355 e. The van der Waals surface area contributed by atoms with E-state index >= 15 is 0 Å². The summed E-state index contributed by atoms with van der Waals surface area (Å²) >= 11 is 0. The number of carbonyl (C=O) groups is 1. The number of amides is 1. The van der Waals surface area contributed by atoms with Crippen LogP contribution in [0.25, 0.3) is 0 Å². The van der Waals surface area contributed by atoms with Crippen molar-refractivity contribution in [3.63, 3.8) is 0 Å². The summed E-state index contributed by atoms with van der Waals surface area (Å²) in [5.74, 6) is 2.16. The van der Waals surface area contributed by atoms with Gasteiger partial charge in [0.15, 0.2) is 11.6 Å². The van der Waals surface area contributed by atoms with Gasteiger partial charge in [0.05, 0.1) is 6.20 Å². The van der Waals surface area contributed by atoms with Gasteiger partial charge in [-0.25, -0.2) is 4.98 Å². The highest BCUT2D eigenvalue weighted by Crippen LogP contribution is 2.22. The summed E-state index contributed by atoms with van der Waals surface area (Å²) in [6.45, 7) is 2.06. The van der Waals surface area contributed by atoms with Gasteiger partial charge in [0.1, 0.15) is 5.82 Å². The molecule has 29 heavy (non-hydrogen) atoms. The number of nitrogens with zero attached hydrogens (tertiary/aromatic N) is 6. The highest BCUT2D eigenvalue weighted by atomic mass is 16.1. The molecule has 3 aromatic heterocycles. The Bertz CT molecular complexity index is 912. The maximum absolute atomic E-state index is 12.4. The largest absolute Gasteiger partial charge is 0.355 e. The van der Waals surface area contributed by atoms with Crippen LogP contribution in [0.1, 0.15) is 18.4 Å². The Morgan fingerprint density at radius 3 is 2.55 bits per heavy atom. The molecule has 0 atom stereocenters. The Balaban J connectivity index is 1.26. The van der Waals surface area contributed by atoms with E-state index in [9.17, 15) is 4.79 Å². The zero-order chi connectivity index (χ0) is 19.9. The van der Waals surface area contributed by atoms with E-state index in [1.807, 2.05) is 24.3 Å². The zero-order valence-corrected chi connectivity index (χ0v) is 15.9. The summed E-state index contributed by atoms with van der Waals surface area (Å²) in [6, 6.07) is 7.62. The summed E-state index contributed by atoms with van der Waals surface area (Å²) in [5.41, 5.74) is 1.00. The van der Waals surface area contributed by atoms with Crippen LogP contribution in [0.5, 0.6) is 0 Å². The number of rotatable bonds is 6. The van der Waals surface area contributed by atoms with Crippen LogP contribution in [0.2, 0.25) is 0 Å². The Kier molecular flexibility index (Phi) is 5.84. The molecule has 9 heteroatoms. The quantitative estimate of drug-likeness (QED) is 0.657. The molecule has 1 amide bonds. The van der Waals surface area contributed by atoms with Gasteiger partial charge in [0.25, 0.3) is 0 Å². The van der Waals surface area contributed by atoms with Gasteiger partial charge in [-0.3, -0.25) is 14.8 Å². The van der Waals surface area contributed by atoms with E-state index in [1.165, 1.54) is 0 Å². The molecular weight excluding hydrogens is 368 g/mol. The fraction of sp³-hybridized carbons (Fsp3) is 0.300. The molecule has 0 unspecified atom stereocenters. The number of aromatic nitrogens is 5. The molecule has 148 valence electrons. The predicted octanol–water partition coefficient (Wildman–Crippen LogP) is 1.94. The molecule has 3 aromatic rings. The molecule has 2 N–H and O–H groups in total. The minimum atomic E-state index is 0.0217. The van der Waals surface area contributed by atoms with E-state index in [4.69, 9.17) is 0 Å². The standard InChI is InChI=1S/C20H22N8O/c29-20(24-13-15-2-1-7-21-12-15)16-5-10-28(11-6-16)19-4-3-17(26-27-19)25-18-14-22-8-9-23-18/h1-4,7-9,12,14,16H,5-6,10-11,13H2,(H,24,29)(H,23,25,26). The van der Waals surface area contributed by atoms with Gasteiger partial charge in [0, 0.05) is 50.3 Å². The van der Waals surface area contributed by atoms with Crippen molar-refractivity contribution in [2.75, 3.05) is 23.3 Å². The van der Waals surface area contributed by atoms with Crippen molar-refractivity contribution in [1.82, 2.24) is 30.5 Å². The van der Waals surface area contributed by atoms with Crippen molar-refractivity contribution >= 4 is 23.4 Å². The van der Waals surface area contributed by atoms with Crippen LogP contribution < -0.4 is 15.5 Å². The fourth-order valence-electron chi connectivity index (χ4n) is 3.26. The fourth-order valence-corrected chi connectivity index (χ4v) is 3.26. The lowest BCUT2D eigenvalue weighted by Gasteiger charge is -2.31. The topological polar surface area (TPSA) is 109 Å². The van der Waals surface area contributed by atoms with E-state index in [0.717, 1.165) is 37.3 Å². The third-order valence-electron chi connectivity index (χ3n) is 4.85. The second-order valence-corrected chi connectivity index (χ2v) is 6.83. The van der Waals surface area contributed by atoms with Crippen LogP contribution in [0.3, 0.4) is 0 Å². The van der Waals surface area contributed by atoms with Gasteiger partial charge in [-0.1, -0.05) is 6.07 Å². The zero-order valence-electron chi connectivity index (χ0n) is 15.9. The Hall–Kier alpha value is -3.62. The van der Waals surface area contributed by atoms with Gasteiger partial charge in [-0.15, -0.1) is 10.2 Å². The molecule has 0 saturated carbocycles. The van der Waals surface area contributed by atoms with Gasteiger partial charge >= 0.3 is 0 Å². The maximum Gasteiger partial charge on any atom is 0.223 e. The molecule has 0 aromatic carbocycles. The first-order chi connectivity index (χ1) is 14.3. The van der Waals surface area contributed by atoms with Crippen LogP contribution in [-0.2, 0) is 11.3 Å². The van der Waals surface area contributed by atoms with Crippen molar-refractivity contribution in [3.8, 4) is 0 Å². The molecular formula is C20H22N8O. The number of nitrogens with one attached hydrogen (secondary N) is 2. The van der Waals surface area contributed by atoms with Crippen molar-refractivity contribution in [1.29, 1.82) is 0 Å². The molecule has 4 heterocycles. The van der Waals surface area contributed by atoms with Crippen LogP contribution in [0.15, 0.2) is 55.2 Å².